The number of carbonyl (C=O) groups is 3. The average molecular weight is 523 g/mol. The predicted octanol–water partition coefficient (Wildman–Crippen LogP) is 5.04. The Balaban J connectivity index is 1.52. The van der Waals surface area contributed by atoms with E-state index in [0.29, 0.717) is 29.9 Å². The lowest BCUT2D eigenvalue weighted by Gasteiger charge is -2.33. The minimum absolute atomic E-state index is 0.190. The molecule has 0 bridgehead atoms. The van der Waals surface area contributed by atoms with Crippen LogP contribution >= 0.6 is 0 Å². The van der Waals surface area contributed by atoms with Gasteiger partial charge in [-0.2, -0.15) is 0 Å². The summed E-state index contributed by atoms with van der Waals surface area (Å²) in [5.74, 6) is -0.491. The maximum absolute atomic E-state index is 14.2. The quantitative estimate of drug-likeness (QED) is 0.456. The molecular weight excluding hydrogens is 488 g/mol. The fourth-order valence-corrected chi connectivity index (χ4v) is 5.53. The molecule has 2 aliphatic heterocycles. The Morgan fingerprint density at radius 3 is 2.33 bits per heavy atom. The van der Waals surface area contributed by atoms with E-state index < -0.39 is 12.1 Å². The van der Waals surface area contributed by atoms with Gasteiger partial charge in [0.2, 0.25) is 5.91 Å². The lowest BCUT2D eigenvalue weighted by atomic mass is 9.91. The highest BCUT2D eigenvalue weighted by Crippen LogP contribution is 2.38. The highest BCUT2D eigenvalue weighted by atomic mass is 16.2. The van der Waals surface area contributed by atoms with E-state index in [0.717, 1.165) is 27.8 Å². The number of urea groups is 1. The Bertz CT molecular complexity index is 1450. The zero-order valence-corrected chi connectivity index (χ0v) is 22.8. The van der Waals surface area contributed by atoms with E-state index in [2.05, 4.69) is 16.7 Å². The highest BCUT2D eigenvalue weighted by molar-refractivity contribution is 6.05. The van der Waals surface area contributed by atoms with Crippen molar-refractivity contribution in [2.75, 3.05) is 18.4 Å². The van der Waals surface area contributed by atoms with Gasteiger partial charge in [-0.05, 0) is 56.5 Å². The Morgan fingerprint density at radius 1 is 0.974 bits per heavy atom. The molecule has 39 heavy (non-hydrogen) atoms. The molecule has 0 radical (unpaired) electrons. The van der Waals surface area contributed by atoms with Gasteiger partial charge in [0.1, 0.15) is 6.04 Å². The number of hydrogen-bond acceptors (Lipinski definition) is 3. The van der Waals surface area contributed by atoms with Crippen molar-refractivity contribution in [2.24, 2.45) is 0 Å². The summed E-state index contributed by atoms with van der Waals surface area (Å²) in [7, 11) is 0. The van der Waals surface area contributed by atoms with Crippen molar-refractivity contribution in [1.29, 1.82) is 0 Å². The second-order valence-corrected chi connectivity index (χ2v) is 10.3. The van der Waals surface area contributed by atoms with Gasteiger partial charge in [-0.3, -0.25) is 14.5 Å². The van der Waals surface area contributed by atoms with Gasteiger partial charge in [0, 0.05) is 18.7 Å². The molecule has 0 saturated carbocycles. The first-order valence-electron chi connectivity index (χ1n) is 13.4. The van der Waals surface area contributed by atoms with Crippen LogP contribution in [0.2, 0.25) is 0 Å². The Labute approximate surface area is 229 Å². The molecule has 7 nitrogen and oxygen atoms in total. The zero-order chi connectivity index (χ0) is 27.7. The summed E-state index contributed by atoms with van der Waals surface area (Å²) in [6.07, 6.45) is 0.354. The van der Waals surface area contributed by atoms with Gasteiger partial charge in [0.25, 0.3) is 5.91 Å². The van der Waals surface area contributed by atoms with Crippen molar-refractivity contribution in [3.63, 3.8) is 0 Å². The number of anilines is 1. The van der Waals surface area contributed by atoms with Crippen molar-refractivity contribution in [1.82, 2.24) is 15.1 Å². The number of benzene rings is 3. The molecule has 0 aromatic heterocycles. The summed E-state index contributed by atoms with van der Waals surface area (Å²) < 4.78 is 0. The van der Waals surface area contributed by atoms with Crippen LogP contribution in [0.15, 0.2) is 84.1 Å². The number of amides is 4. The fourth-order valence-electron chi connectivity index (χ4n) is 5.53. The molecule has 200 valence electrons. The summed E-state index contributed by atoms with van der Waals surface area (Å²) >= 11 is 0. The van der Waals surface area contributed by atoms with E-state index in [1.54, 1.807) is 9.80 Å². The molecule has 2 aliphatic rings. The maximum Gasteiger partial charge on any atom is 0.322 e. The van der Waals surface area contributed by atoms with Gasteiger partial charge in [-0.25, -0.2) is 4.79 Å². The van der Waals surface area contributed by atoms with E-state index in [4.69, 9.17) is 0 Å². The van der Waals surface area contributed by atoms with Crippen LogP contribution in [0.1, 0.15) is 40.8 Å². The summed E-state index contributed by atoms with van der Waals surface area (Å²) in [6.45, 7) is 8.50. The minimum atomic E-state index is -0.764. The van der Waals surface area contributed by atoms with E-state index in [-0.39, 0.29) is 24.4 Å². The fraction of sp³-hybridized carbons (Fsp3) is 0.281. The summed E-state index contributed by atoms with van der Waals surface area (Å²) in [5, 5.41) is 6.07. The van der Waals surface area contributed by atoms with Gasteiger partial charge in [0.15, 0.2) is 0 Å². The molecule has 2 heterocycles. The van der Waals surface area contributed by atoms with Crippen molar-refractivity contribution < 1.29 is 14.4 Å². The normalized spacial score (nSPS) is 17.7. The maximum atomic E-state index is 14.2. The standard InChI is InChI=1S/C32H34N4O3/c1-5-35-27-19-36(31(38)28(27)29(34-32(35)39)25-16-13-21(3)17-22(25)4)26(18-23-9-7-6-8-10-23)30(37)33-24-14-11-20(2)12-15-24/h6-17,26,29H,5,18-19H2,1-4H3,(H,33,37)(H,34,39)/t26-,29+/m1/s1. The van der Waals surface area contributed by atoms with Gasteiger partial charge >= 0.3 is 6.03 Å². The Hall–Kier alpha value is -4.39. The second kappa shape index (κ2) is 10.8. The molecule has 2 N–H and O–H groups in total. The second-order valence-electron chi connectivity index (χ2n) is 10.3. The molecule has 3 aromatic carbocycles. The number of hydrogen-bond donors (Lipinski definition) is 2. The average Bonchev–Trinajstić information content (AvgIpc) is 3.25. The number of nitrogens with one attached hydrogen (secondary N) is 2. The predicted molar refractivity (Wildman–Crippen MR) is 152 cm³/mol. The first-order valence-corrected chi connectivity index (χ1v) is 13.4. The lowest BCUT2D eigenvalue weighted by molar-refractivity contribution is -0.134. The molecule has 0 fully saturated rings. The van der Waals surface area contributed by atoms with Crippen molar-refractivity contribution in [2.45, 2.75) is 46.2 Å². The molecular formula is C32H34N4O3. The zero-order valence-electron chi connectivity index (χ0n) is 22.8. The third-order valence-corrected chi connectivity index (χ3v) is 7.57. The van der Waals surface area contributed by atoms with Crippen LogP contribution in [0.5, 0.6) is 0 Å². The van der Waals surface area contributed by atoms with E-state index in [1.165, 1.54) is 0 Å². The van der Waals surface area contributed by atoms with Crippen LogP contribution in [0, 0.1) is 20.8 Å². The third-order valence-electron chi connectivity index (χ3n) is 7.57. The SMILES string of the molecule is CCN1C(=O)N[C@@H](c2ccc(C)cc2C)C2=C1CN([C@H](Cc1ccccc1)C(=O)Nc1ccc(C)cc1)C2=O. The van der Waals surface area contributed by atoms with E-state index in [9.17, 15) is 14.4 Å². The molecule has 5 rings (SSSR count). The highest BCUT2D eigenvalue weighted by Gasteiger charge is 2.47. The van der Waals surface area contributed by atoms with E-state index >= 15 is 0 Å². The smallest absolute Gasteiger partial charge is 0.322 e. The van der Waals surface area contributed by atoms with Crippen LogP contribution in [0.4, 0.5) is 10.5 Å². The Kier molecular flexibility index (Phi) is 7.24. The molecule has 4 amide bonds. The van der Waals surface area contributed by atoms with Gasteiger partial charge < -0.3 is 15.5 Å². The molecule has 0 aliphatic carbocycles. The first kappa shape index (κ1) is 26.2. The first-order chi connectivity index (χ1) is 18.8. The van der Waals surface area contributed by atoms with Crippen LogP contribution in [-0.4, -0.2) is 46.8 Å². The van der Waals surface area contributed by atoms with Crippen LogP contribution in [-0.2, 0) is 16.0 Å². The van der Waals surface area contributed by atoms with Crippen molar-refractivity contribution in [3.05, 3.63) is 112 Å². The van der Waals surface area contributed by atoms with Crippen LogP contribution in [0.3, 0.4) is 0 Å². The molecule has 0 saturated heterocycles. The summed E-state index contributed by atoms with van der Waals surface area (Å²) in [6, 6.07) is 21.7. The Morgan fingerprint density at radius 2 is 1.67 bits per heavy atom. The lowest BCUT2D eigenvalue weighted by Crippen LogP contribution is -2.47. The number of rotatable bonds is 7. The third kappa shape index (κ3) is 5.17. The monoisotopic (exact) mass is 522 g/mol. The molecule has 0 spiro atoms. The number of carbonyl (C=O) groups excluding carboxylic acids is 3. The minimum Gasteiger partial charge on any atom is -0.326 e. The number of nitrogens with zero attached hydrogens (tertiary/aromatic N) is 2. The van der Waals surface area contributed by atoms with Crippen molar-refractivity contribution in [3.8, 4) is 0 Å². The summed E-state index contributed by atoms with van der Waals surface area (Å²) in [4.78, 5) is 44.4. The molecule has 0 unspecified atom stereocenters. The summed E-state index contributed by atoms with van der Waals surface area (Å²) in [5.41, 5.74) is 6.91. The van der Waals surface area contributed by atoms with Crippen LogP contribution < -0.4 is 10.6 Å². The van der Waals surface area contributed by atoms with Crippen LogP contribution in [0.25, 0.3) is 0 Å². The van der Waals surface area contributed by atoms with E-state index in [1.807, 2.05) is 94.4 Å². The molecule has 2 atom stereocenters. The number of likely N-dealkylation sites (N-methyl/N-ethyl adjacent to an activating group) is 1. The van der Waals surface area contributed by atoms with Gasteiger partial charge in [-0.15, -0.1) is 0 Å². The van der Waals surface area contributed by atoms with Gasteiger partial charge in [-0.1, -0.05) is 71.8 Å². The molecule has 7 heteroatoms. The van der Waals surface area contributed by atoms with Crippen molar-refractivity contribution >= 4 is 23.5 Å². The topological polar surface area (TPSA) is 81.8 Å². The molecule has 3 aromatic rings. The number of aryl methyl sites for hydroxylation is 3. The largest absolute Gasteiger partial charge is 0.326 e. The van der Waals surface area contributed by atoms with Gasteiger partial charge in [0.05, 0.1) is 23.9 Å².